The molecule has 0 unspecified atom stereocenters. The Bertz CT molecular complexity index is 329. The standard InChI is InChI=1S/C6H6N3S.Y/c1-4-5-3-7-9(2)6(5)8-10-4;/h1-2H3;/q-1;. The molecule has 0 aliphatic carbocycles. The molecule has 2 rings (SSSR count). The molecule has 0 aliphatic heterocycles. The smallest absolute Gasteiger partial charge is 0.0566 e. The molecule has 2 aromatic heterocycles. The maximum atomic E-state index is 4.19. The first-order chi connectivity index (χ1) is 4.79. The van der Waals surface area contributed by atoms with Crippen molar-refractivity contribution in [2.24, 2.45) is 7.05 Å². The van der Waals surface area contributed by atoms with Gasteiger partial charge < -0.3 is 4.68 Å². The van der Waals surface area contributed by atoms with Crippen molar-refractivity contribution in [2.75, 3.05) is 0 Å². The molecule has 0 saturated carbocycles. The molecule has 11 heavy (non-hydrogen) atoms. The Hall–Kier alpha value is 0.204. The maximum absolute atomic E-state index is 4.19. The monoisotopic (exact) mass is 241 g/mol. The van der Waals surface area contributed by atoms with Crippen LogP contribution in [0.1, 0.15) is 4.88 Å². The van der Waals surface area contributed by atoms with Gasteiger partial charge in [0.15, 0.2) is 0 Å². The molecular formula is C6H6N3SY-. The molecule has 2 aromatic rings. The van der Waals surface area contributed by atoms with E-state index in [2.05, 4.69) is 15.7 Å². The topological polar surface area (TPSA) is 30.7 Å². The SMILES string of the molecule is Cc1snc2c1[c-]nn2C.[Y]. The minimum Gasteiger partial charge on any atom is -0.315 e. The van der Waals surface area contributed by atoms with E-state index in [1.54, 1.807) is 4.68 Å². The van der Waals surface area contributed by atoms with E-state index in [4.69, 9.17) is 0 Å². The summed E-state index contributed by atoms with van der Waals surface area (Å²) in [5, 5.41) is 5.00. The molecule has 0 aliphatic rings. The van der Waals surface area contributed by atoms with Crippen molar-refractivity contribution in [3.63, 3.8) is 0 Å². The van der Waals surface area contributed by atoms with E-state index in [9.17, 15) is 0 Å². The molecule has 3 nitrogen and oxygen atoms in total. The summed E-state index contributed by atoms with van der Waals surface area (Å²) in [6, 6.07) is 0. The maximum Gasteiger partial charge on any atom is 0.0566 e. The third-order valence-corrected chi connectivity index (χ3v) is 2.21. The molecule has 0 bridgehead atoms. The Labute approximate surface area is 93.8 Å². The van der Waals surface area contributed by atoms with Crippen molar-refractivity contribution in [1.82, 2.24) is 14.2 Å². The minimum absolute atomic E-state index is 0. The van der Waals surface area contributed by atoms with Gasteiger partial charge in [-0.2, -0.15) is 0 Å². The second kappa shape index (κ2) is 3.29. The fraction of sp³-hybridized carbons (Fsp3) is 0.333. The Kier molecular flexibility index (Phi) is 2.78. The van der Waals surface area contributed by atoms with E-state index in [1.807, 2.05) is 14.0 Å². The first-order valence-corrected chi connectivity index (χ1v) is 3.73. The van der Waals surface area contributed by atoms with Crippen LogP contribution in [-0.4, -0.2) is 14.2 Å². The number of nitrogens with zero attached hydrogens (tertiary/aromatic N) is 3. The van der Waals surface area contributed by atoms with Gasteiger partial charge in [0.05, 0.1) is 5.65 Å². The predicted molar refractivity (Wildman–Crippen MR) is 40.0 cm³/mol. The summed E-state index contributed by atoms with van der Waals surface area (Å²) in [4.78, 5) is 1.18. The van der Waals surface area contributed by atoms with Gasteiger partial charge in [-0.25, -0.2) is 0 Å². The number of hydrogen-bond donors (Lipinski definition) is 0. The summed E-state index contributed by atoms with van der Waals surface area (Å²) < 4.78 is 5.92. The zero-order valence-corrected chi connectivity index (χ0v) is 9.98. The third kappa shape index (κ3) is 1.39. The second-order valence-electron chi connectivity index (χ2n) is 2.17. The van der Waals surface area contributed by atoms with Crippen molar-refractivity contribution >= 4 is 22.6 Å². The van der Waals surface area contributed by atoms with E-state index >= 15 is 0 Å². The predicted octanol–water partition coefficient (Wildman–Crippen LogP) is 1.14. The Morgan fingerprint density at radius 2 is 2.27 bits per heavy atom. The van der Waals surface area contributed by atoms with Crippen LogP contribution >= 0.6 is 11.5 Å². The van der Waals surface area contributed by atoms with Gasteiger partial charge in [0.25, 0.3) is 0 Å². The molecule has 2 heterocycles. The number of aryl methyl sites for hydroxylation is 2. The first kappa shape index (κ1) is 9.29. The van der Waals surface area contributed by atoms with E-state index < -0.39 is 0 Å². The molecule has 0 fully saturated rings. The number of rotatable bonds is 0. The zero-order valence-electron chi connectivity index (χ0n) is 6.33. The zero-order chi connectivity index (χ0) is 7.14. The third-order valence-electron chi connectivity index (χ3n) is 1.46. The van der Waals surface area contributed by atoms with Gasteiger partial charge >= 0.3 is 0 Å². The molecule has 0 aromatic carbocycles. The van der Waals surface area contributed by atoms with E-state index in [0.29, 0.717) is 0 Å². The number of hydrogen-bond acceptors (Lipinski definition) is 3. The molecule has 0 spiro atoms. The number of fused-ring (bicyclic) bond motifs is 1. The summed E-state index contributed by atoms with van der Waals surface area (Å²) in [7, 11) is 1.87. The van der Waals surface area contributed by atoms with E-state index in [1.165, 1.54) is 16.4 Å². The van der Waals surface area contributed by atoms with Crippen LogP contribution in [0.4, 0.5) is 0 Å². The van der Waals surface area contributed by atoms with Gasteiger partial charge in [-0.1, -0.05) is 11.8 Å². The molecule has 55 valence electrons. The fourth-order valence-electron chi connectivity index (χ4n) is 0.882. The van der Waals surface area contributed by atoms with Gasteiger partial charge in [-0.3, -0.25) is 9.47 Å². The van der Waals surface area contributed by atoms with Crippen molar-refractivity contribution in [3.8, 4) is 0 Å². The Morgan fingerprint density at radius 3 is 2.91 bits per heavy atom. The summed E-state index contributed by atoms with van der Waals surface area (Å²) in [5.74, 6) is 0. The summed E-state index contributed by atoms with van der Waals surface area (Å²) in [5.41, 5.74) is 0.933. The fourth-order valence-corrected chi connectivity index (χ4v) is 1.54. The molecule has 1 radical (unpaired) electrons. The molecule has 0 atom stereocenters. The van der Waals surface area contributed by atoms with Crippen LogP contribution in [0.3, 0.4) is 0 Å². The molecule has 5 heteroatoms. The van der Waals surface area contributed by atoms with Gasteiger partial charge in [0, 0.05) is 39.8 Å². The summed E-state index contributed by atoms with van der Waals surface area (Å²) in [6.07, 6.45) is 2.90. The molecule has 0 N–H and O–H groups in total. The van der Waals surface area contributed by atoms with Crippen LogP contribution in [-0.2, 0) is 39.8 Å². The van der Waals surface area contributed by atoms with Gasteiger partial charge in [-0.05, 0) is 6.20 Å². The average molecular weight is 241 g/mol. The summed E-state index contributed by atoms with van der Waals surface area (Å²) >= 11 is 1.50. The first-order valence-electron chi connectivity index (χ1n) is 2.95. The second-order valence-corrected chi connectivity index (χ2v) is 3.15. The Balaban J connectivity index is 0.000000605. The molecule has 0 saturated heterocycles. The Morgan fingerprint density at radius 1 is 1.55 bits per heavy atom. The summed E-state index contributed by atoms with van der Waals surface area (Å²) in [6.45, 7) is 2.03. The molecule has 0 amide bonds. The van der Waals surface area contributed by atoms with Crippen LogP contribution in [0.25, 0.3) is 11.0 Å². The van der Waals surface area contributed by atoms with E-state index in [-0.39, 0.29) is 32.7 Å². The van der Waals surface area contributed by atoms with Gasteiger partial charge in [-0.15, -0.1) is 16.9 Å². The van der Waals surface area contributed by atoms with Crippen molar-refractivity contribution in [2.45, 2.75) is 6.92 Å². The van der Waals surface area contributed by atoms with Crippen LogP contribution in [0, 0.1) is 13.1 Å². The van der Waals surface area contributed by atoms with Gasteiger partial charge in [0.2, 0.25) is 0 Å². The van der Waals surface area contributed by atoms with Crippen molar-refractivity contribution in [1.29, 1.82) is 0 Å². The molecular weight excluding hydrogens is 235 g/mol. The van der Waals surface area contributed by atoms with Crippen molar-refractivity contribution in [3.05, 3.63) is 11.1 Å². The van der Waals surface area contributed by atoms with Crippen LogP contribution in [0.2, 0.25) is 0 Å². The largest absolute Gasteiger partial charge is 0.315 e. The normalized spacial score (nSPS) is 10.0. The number of aromatic nitrogens is 3. The average Bonchev–Trinajstić information content (AvgIpc) is 2.41. The van der Waals surface area contributed by atoms with E-state index in [0.717, 1.165) is 11.0 Å². The van der Waals surface area contributed by atoms with Crippen LogP contribution < -0.4 is 0 Å². The van der Waals surface area contributed by atoms with Crippen molar-refractivity contribution < 1.29 is 32.7 Å². The van der Waals surface area contributed by atoms with Gasteiger partial charge in [0.1, 0.15) is 0 Å². The minimum atomic E-state index is 0. The van der Waals surface area contributed by atoms with Crippen LogP contribution in [0.15, 0.2) is 0 Å². The van der Waals surface area contributed by atoms with Crippen LogP contribution in [0.5, 0.6) is 0 Å². The quantitative estimate of drug-likeness (QED) is 0.647.